The van der Waals surface area contributed by atoms with Crippen LogP contribution >= 0.6 is 0 Å². The van der Waals surface area contributed by atoms with Crippen molar-refractivity contribution in [3.8, 4) is 0 Å². The molecule has 0 bridgehead atoms. The summed E-state index contributed by atoms with van der Waals surface area (Å²) in [7, 11) is 1.51. The third-order valence-corrected chi connectivity index (χ3v) is 4.02. The van der Waals surface area contributed by atoms with Crippen LogP contribution in [0.2, 0.25) is 0 Å². The quantitative estimate of drug-likeness (QED) is 0.890. The van der Waals surface area contributed by atoms with Gasteiger partial charge in [-0.05, 0) is 18.4 Å². The van der Waals surface area contributed by atoms with E-state index < -0.39 is 11.6 Å². The van der Waals surface area contributed by atoms with Crippen molar-refractivity contribution in [3.05, 3.63) is 35.9 Å². The van der Waals surface area contributed by atoms with E-state index >= 15 is 0 Å². The van der Waals surface area contributed by atoms with Crippen LogP contribution in [0.5, 0.6) is 0 Å². The van der Waals surface area contributed by atoms with Crippen molar-refractivity contribution in [2.75, 3.05) is 7.11 Å². The second-order valence-corrected chi connectivity index (χ2v) is 4.95. The Morgan fingerprint density at radius 2 is 1.83 bits per heavy atom. The minimum atomic E-state index is -1.18. The highest BCUT2D eigenvalue weighted by molar-refractivity contribution is 5.80. The van der Waals surface area contributed by atoms with Crippen LogP contribution in [0.4, 0.5) is 0 Å². The molecule has 1 aromatic carbocycles. The zero-order chi connectivity index (χ0) is 13.0. The second kappa shape index (κ2) is 5.53. The molecule has 18 heavy (non-hydrogen) atoms. The molecule has 0 heterocycles. The SMILES string of the molecule is CO[C@](C(=O)O)(c1ccccc1)C1CCCCC1. The number of carbonyl (C=O) groups is 1. The molecule has 1 atom stereocenters. The van der Waals surface area contributed by atoms with Gasteiger partial charge in [-0.3, -0.25) is 0 Å². The van der Waals surface area contributed by atoms with Gasteiger partial charge in [-0.15, -0.1) is 0 Å². The number of hydrogen-bond acceptors (Lipinski definition) is 2. The third-order valence-electron chi connectivity index (χ3n) is 4.02. The van der Waals surface area contributed by atoms with Gasteiger partial charge in [0.1, 0.15) is 0 Å². The maximum Gasteiger partial charge on any atom is 0.340 e. The summed E-state index contributed by atoms with van der Waals surface area (Å²) in [5.41, 5.74) is -0.422. The number of rotatable bonds is 4. The number of hydrogen-bond donors (Lipinski definition) is 1. The molecule has 1 aromatic rings. The highest BCUT2D eigenvalue weighted by Crippen LogP contribution is 2.42. The Balaban J connectivity index is 2.42. The van der Waals surface area contributed by atoms with E-state index in [0.29, 0.717) is 0 Å². The summed E-state index contributed by atoms with van der Waals surface area (Å²) in [6.07, 6.45) is 5.24. The van der Waals surface area contributed by atoms with Gasteiger partial charge < -0.3 is 9.84 Å². The van der Waals surface area contributed by atoms with Crippen LogP contribution < -0.4 is 0 Å². The Kier molecular flexibility index (Phi) is 4.02. The molecule has 0 saturated heterocycles. The summed E-state index contributed by atoms with van der Waals surface area (Å²) in [4.78, 5) is 11.8. The first-order valence-electron chi connectivity index (χ1n) is 6.56. The Bertz CT molecular complexity index is 395. The molecular weight excluding hydrogens is 228 g/mol. The smallest absolute Gasteiger partial charge is 0.340 e. The first kappa shape index (κ1) is 13.1. The average Bonchev–Trinajstić information content (AvgIpc) is 2.42. The predicted molar refractivity (Wildman–Crippen MR) is 69.3 cm³/mol. The van der Waals surface area contributed by atoms with Crippen LogP contribution in [0.3, 0.4) is 0 Å². The number of aliphatic carboxylic acids is 1. The molecule has 0 radical (unpaired) electrons. The fourth-order valence-electron chi connectivity index (χ4n) is 3.10. The molecule has 1 fully saturated rings. The van der Waals surface area contributed by atoms with Crippen LogP contribution in [-0.2, 0) is 15.1 Å². The van der Waals surface area contributed by atoms with Crippen molar-refractivity contribution in [1.29, 1.82) is 0 Å². The summed E-state index contributed by atoms with van der Waals surface area (Å²) in [5.74, 6) is -0.806. The van der Waals surface area contributed by atoms with Gasteiger partial charge in [0.05, 0.1) is 0 Å². The van der Waals surface area contributed by atoms with E-state index in [2.05, 4.69) is 0 Å². The van der Waals surface area contributed by atoms with E-state index in [1.165, 1.54) is 13.5 Å². The number of benzene rings is 1. The van der Waals surface area contributed by atoms with E-state index in [4.69, 9.17) is 4.74 Å². The lowest BCUT2D eigenvalue weighted by Gasteiger charge is -2.38. The Labute approximate surface area is 108 Å². The van der Waals surface area contributed by atoms with Crippen LogP contribution in [0.25, 0.3) is 0 Å². The topological polar surface area (TPSA) is 46.5 Å². The van der Waals surface area contributed by atoms with Crippen LogP contribution in [0.1, 0.15) is 37.7 Å². The fraction of sp³-hybridized carbons (Fsp3) is 0.533. The van der Waals surface area contributed by atoms with Gasteiger partial charge in [0.2, 0.25) is 0 Å². The molecule has 3 nitrogen and oxygen atoms in total. The van der Waals surface area contributed by atoms with E-state index in [-0.39, 0.29) is 5.92 Å². The fourth-order valence-corrected chi connectivity index (χ4v) is 3.10. The van der Waals surface area contributed by atoms with Crippen LogP contribution in [0.15, 0.2) is 30.3 Å². The number of carboxylic acid groups (broad SMARTS) is 1. The molecule has 1 saturated carbocycles. The van der Waals surface area contributed by atoms with Gasteiger partial charge >= 0.3 is 5.97 Å². The monoisotopic (exact) mass is 248 g/mol. The standard InChI is InChI=1S/C15H20O3/c1-18-15(14(16)17,12-8-4-2-5-9-12)13-10-6-3-7-11-13/h2,4-5,8-9,13H,3,6-7,10-11H2,1H3,(H,16,17)/t15-/m1/s1. The largest absolute Gasteiger partial charge is 0.479 e. The maximum absolute atomic E-state index is 11.8. The van der Waals surface area contributed by atoms with Crippen molar-refractivity contribution in [3.63, 3.8) is 0 Å². The van der Waals surface area contributed by atoms with Crippen molar-refractivity contribution in [2.45, 2.75) is 37.7 Å². The first-order valence-corrected chi connectivity index (χ1v) is 6.56. The van der Waals surface area contributed by atoms with E-state index in [1.807, 2.05) is 30.3 Å². The Morgan fingerprint density at radius 1 is 1.22 bits per heavy atom. The van der Waals surface area contributed by atoms with Crippen molar-refractivity contribution in [1.82, 2.24) is 0 Å². The van der Waals surface area contributed by atoms with E-state index in [9.17, 15) is 9.90 Å². The van der Waals surface area contributed by atoms with E-state index in [0.717, 1.165) is 31.2 Å². The first-order chi connectivity index (χ1) is 8.71. The van der Waals surface area contributed by atoms with Gasteiger partial charge in [0, 0.05) is 13.0 Å². The minimum Gasteiger partial charge on any atom is -0.479 e. The molecule has 0 spiro atoms. The van der Waals surface area contributed by atoms with Crippen molar-refractivity contribution in [2.24, 2.45) is 5.92 Å². The lowest BCUT2D eigenvalue weighted by atomic mass is 9.73. The highest BCUT2D eigenvalue weighted by atomic mass is 16.5. The van der Waals surface area contributed by atoms with Crippen molar-refractivity contribution < 1.29 is 14.6 Å². The zero-order valence-corrected chi connectivity index (χ0v) is 10.8. The number of ether oxygens (including phenoxy) is 1. The van der Waals surface area contributed by atoms with Gasteiger partial charge in [-0.2, -0.15) is 0 Å². The summed E-state index contributed by atoms with van der Waals surface area (Å²) in [5, 5.41) is 9.70. The van der Waals surface area contributed by atoms with Crippen molar-refractivity contribution >= 4 is 5.97 Å². The second-order valence-electron chi connectivity index (χ2n) is 4.95. The van der Waals surface area contributed by atoms with Gasteiger partial charge in [-0.25, -0.2) is 4.79 Å². The minimum absolute atomic E-state index is 0.0659. The van der Waals surface area contributed by atoms with Gasteiger partial charge in [-0.1, -0.05) is 49.6 Å². The molecule has 2 rings (SSSR count). The summed E-state index contributed by atoms with van der Waals surface area (Å²) in [6.45, 7) is 0. The Hall–Kier alpha value is -1.35. The molecule has 0 aromatic heterocycles. The molecule has 1 aliphatic carbocycles. The molecule has 0 amide bonds. The molecular formula is C15H20O3. The third kappa shape index (κ3) is 2.15. The summed E-state index contributed by atoms with van der Waals surface area (Å²) < 4.78 is 5.53. The Morgan fingerprint density at radius 3 is 2.33 bits per heavy atom. The predicted octanol–water partition coefficient (Wildman–Crippen LogP) is 3.19. The van der Waals surface area contributed by atoms with Crippen LogP contribution in [0, 0.1) is 5.92 Å². The molecule has 0 unspecified atom stereocenters. The van der Waals surface area contributed by atoms with E-state index in [1.54, 1.807) is 0 Å². The zero-order valence-electron chi connectivity index (χ0n) is 10.8. The molecule has 0 aliphatic heterocycles. The maximum atomic E-state index is 11.8. The van der Waals surface area contributed by atoms with Crippen LogP contribution in [-0.4, -0.2) is 18.2 Å². The number of carboxylic acids is 1. The normalized spacial score (nSPS) is 20.3. The average molecular weight is 248 g/mol. The molecule has 98 valence electrons. The highest BCUT2D eigenvalue weighted by Gasteiger charge is 2.47. The van der Waals surface area contributed by atoms with Gasteiger partial charge in [0.25, 0.3) is 0 Å². The lowest BCUT2D eigenvalue weighted by Crippen LogP contribution is -2.45. The summed E-state index contributed by atoms with van der Waals surface area (Å²) in [6, 6.07) is 9.34. The molecule has 1 aliphatic rings. The number of methoxy groups -OCH3 is 1. The lowest BCUT2D eigenvalue weighted by molar-refractivity contribution is -0.174. The molecule has 1 N–H and O–H groups in total. The molecule has 3 heteroatoms. The summed E-state index contributed by atoms with van der Waals surface area (Å²) >= 11 is 0. The van der Waals surface area contributed by atoms with Gasteiger partial charge in [0.15, 0.2) is 5.60 Å².